The quantitative estimate of drug-likeness (QED) is 0.833. The fourth-order valence-electron chi connectivity index (χ4n) is 2.13. The van der Waals surface area contributed by atoms with Crippen molar-refractivity contribution >= 4 is 6.09 Å². The van der Waals surface area contributed by atoms with Gasteiger partial charge in [0, 0.05) is 24.2 Å². The van der Waals surface area contributed by atoms with Crippen LogP contribution in [0.4, 0.5) is 4.79 Å². The lowest BCUT2D eigenvalue weighted by atomic mass is 10.0. The minimum Gasteiger partial charge on any atom is -0.444 e. The van der Waals surface area contributed by atoms with E-state index in [-0.39, 0.29) is 6.09 Å². The number of rotatable bonds is 1. The monoisotopic (exact) mass is 251 g/mol. The van der Waals surface area contributed by atoms with E-state index >= 15 is 0 Å². The third kappa shape index (κ3) is 2.66. The van der Waals surface area contributed by atoms with E-state index < -0.39 is 5.60 Å². The summed E-state index contributed by atoms with van der Waals surface area (Å²) in [5.41, 5.74) is 2.93. The largest absolute Gasteiger partial charge is 0.444 e. The first-order valence-corrected chi connectivity index (χ1v) is 6.43. The van der Waals surface area contributed by atoms with Crippen LogP contribution in [-0.4, -0.2) is 33.3 Å². The van der Waals surface area contributed by atoms with E-state index in [0.29, 0.717) is 13.1 Å². The number of carbonyl (C=O) groups is 1. The lowest BCUT2D eigenvalue weighted by Gasteiger charge is -2.30. The summed E-state index contributed by atoms with van der Waals surface area (Å²) in [4.78, 5) is 13.8. The van der Waals surface area contributed by atoms with Gasteiger partial charge in [-0.25, -0.2) is 4.79 Å². The smallest absolute Gasteiger partial charge is 0.410 e. The molecule has 18 heavy (non-hydrogen) atoms. The van der Waals surface area contributed by atoms with E-state index in [2.05, 4.69) is 17.1 Å². The van der Waals surface area contributed by atoms with Gasteiger partial charge in [-0.3, -0.25) is 5.10 Å². The van der Waals surface area contributed by atoms with Crippen LogP contribution in [0.15, 0.2) is 0 Å². The Bertz CT molecular complexity index is 432. The van der Waals surface area contributed by atoms with Crippen LogP contribution < -0.4 is 0 Å². The molecule has 0 saturated carbocycles. The molecular weight excluding hydrogens is 230 g/mol. The van der Waals surface area contributed by atoms with Crippen molar-refractivity contribution in [2.75, 3.05) is 6.54 Å². The van der Waals surface area contributed by atoms with Gasteiger partial charge in [-0.1, -0.05) is 6.92 Å². The maximum atomic E-state index is 12.0. The van der Waals surface area contributed by atoms with Crippen LogP contribution in [0.25, 0.3) is 0 Å². The number of ether oxygens (including phenoxy) is 1. The SMILES string of the molecule is CCc1n[nH]c2c1CN(C(=O)OC(C)(C)C)CC2. The van der Waals surface area contributed by atoms with Crippen molar-refractivity contribution in [3.8, 4) is 0 Å². The highest BCUT2D eigenvalue weighted by Gasteiger charge is 2.27. The number of fused-ring (bicyclic) bond motifs is 1. The summed E-state index contributed by atoms with van der Waals surface area (Å²) in [7, 11) is 0. The second-order valence-electron chi connectivity index (χ2n) is 5.63. The first-order valence-electron chi connectivity index (χ1n) is 6.43. The number of amides is 1. The normalized spacial score (nSPS) is 15.4. The van der Waals surface area contributed by atoms with Gasteiger partial charge >= 0.3 is 6.09 Å². The molecule has 0 unspecified atom stereocenters. The van der Waals surface area contributed by atoms with Gasteiger partial charge in [-0.05, 0) is 27.2 Å². The number of carbonyl (C=O) groups excluding carboxylic acids is 1. The zero-order valence-electron chi connectivity index (χ0n) is 11.5. The molecule has 1 N–H and O–H groups in total. The summed E-state index contributed by atoms with van der Waals surface area (Å²) in [5, 5.41) is 7.34. The number of nitrogens with zero attached hydrogens (tertiary/aromatic N) is 2. The fraction of sp³-hybridized carbons (Fsp3) is 0.692. The van der Waals surface area contributed by atoms with Crippen LogP contribution in [0, 0.1) is 0 Å². The Hall–Kier alpha value is -1.52. The van der Waals surface area contributed by atoms with Crippen LogP contribution in [0.1, 0.15) is 44.6 Å². The number of hydrogen-bond acceptors (Lipinski definition) is 3. The van der Waals surface area contributed by atoms with E-state index in [9.17, 15) is 4.79 Å². The molecule has 1 aromatic rings. The van der Waals surface area contributed by atoms with Gasteiger partial charge in [0.1, 0.15) is 5.60 Å². The van der Waals surface area contributed by atoms with Gasteiger partial charge in [0.15, 0.2) is 0 Å². The van der Waals surface area contributed by atoms with Crippen molar-refractivity contribution in [3.63, 3.8) is 0 Å². The average Bonchev–Trinajstić information content (AvgIpc) is 2.68. The molecule has 5 nitrogen and oxygen atoms in total. The second-order valence-corrected chi connectivity index (χ2v) is 5.63. The highest BCUT2D eigenvalue weighted by molar-refractivity contribution is 5.68. The second kappa shape index (κ2) is 4.63. The lowest BCUT2D eigenvalue weighted by molar-refractivity contribution is 0.0223. The molecule has 2 heterocycles. The Labute approximate surface area is 108 Å². The van der Waals surface area contributed by atoms with Crippen molar-refractivity contribution in [2.45, 2.75) is 52.7 Å². The third-order valence-electron chi connectivity index (χ3n) is 3.01. The average molecular weight is 251 g/mol. The molecule has 5 heteroatoms. The Morgan fingerprint density at radius 3 is 2.83 bits per heavy atom. The van der Waals surface area contributed by atoms with Crippen LogP contribution in [-0.2, 0) is 24.1 Å². The summed E-state index contributed by atoms with van der Waals surface area (Å²) in [6.45, 7) is 9.01. The Morgan fingerprint density at radius 1 is 1.50 bits per heavy atom. The molecule has 1 aliphatic heterocycles. The Morgan fingerprint density at radius 2 is 2.22 bits per heavy atom. The molecule has 100 valence electrons. The summed E-state index contributed by atoms with van der Waals surface area (Å²) >= 11 is 0. The highest BCUT2D eigenvalue weighted by Crippen LogP contribution is 2.22. The summed E-state index contributed by atoms with van der Waals surface area (Å²) in [6, 6.07) is 0. The zero-order chi connectivity index (χ0) is 13.3. The Kier molecular flexibility index (Phi) is 3.32. The van der Waals surface area contributed by atoms with Crippen LogP contribution in [0.2, 0.25) is 0 Å². The van der Waals surface area contributed by atoms with Gasteiger partial charge in [-0.2, -0.15) is 5.10 Å². The number of H-pyrrole nitrogens is 1. The molecule has 0 spiro atoms. The number of nitrogens with one attached hydrogen (secondary N) is 1. The van der Waals surface area contributed by atoms with Crippen molar-refractivity contribution in [1.29, 1.82) is 0 Å². The first kappa shape index (κ1) is 12.9. The summed E-state index contributed by atoms with van der Waals surface area (Å²) in [5.74, 6) is 0. The molecule has 1 aromatic heterocycles. The number of aryl methyl sites for hydroxylation is 1. The number of hydrogen-bond donors (Lipinski definition) is 1. The van der Waals surface area contributed by atoms with Crippen LogP contribution >= 0.6 is 0 Å². The maximum Gasteiger partial charge on any atom is 0.410 e. The van der Waals surface area contributed by atoms with Crippen LogP contribution in [0.3, 0.4) is 0 Å². The zero-order valence-corrected chi connectivity index (χ0v) is 11.5. The van der Waals surface area contributed by atoms with Gasteiger partial charge < -0.3 is 9.64 Å². The topological polar surface area (TPSA) is 58.2 Å². The highest BCUT2D eigenvalue weighted by atomic mass is 16.6. The molecule has 1 aliphatic rings. The molecule has 0 aromatic carbocycles. The van der Waals surface area contributed by atoms with Crippen LogP contribution in [0.5, 0.6) is 0 Å². The molecule has 0 radical (unpaired) electrons. The van der Waals surface area contributed by atoms with Gasteiger partial charge in [0.2, 0.25) is 0 Å². The minimum absolute atomic E-state index is 0.239. The molecular formula is C13H21N3O2. The maximum absolute atomic E-state index is 12.0. The predicted octanol–water partition coefficient (Wildman–Crippen LogP) is 2.27. The minimum atomic E-state index is -0.443. The van der Waals surface area contributed by atoms with E-state index in [1.807, 2.05) is 20.8 Å². The lowest BCUT2D eigenvalue weighted by Crippen LogP contribution is -2.39. The standard InChI is InChI=1S/C13H21N3O2/c1-5-10-9-8-16(7-6-11(9)15-14-10)12(17)18-13(2,3)4/h5-8H2,1-4H3,(H,14,15). The van der Waals surface area contributed by atoms with Crippen molar-refractivity contribution < 1.29 is 9.53 Å². The van der Waals surface area contributed by atoms with E-state index in [0.717, 1.165) is 29.8 Å². The van der Waals surface area contributed by atoms with Gasteiger partial charge in [0.05, 0.1) is 12.2 Å². The fourth-order valence-corrected chi connectivity index (χ4v) is 2.13. The number of aromatic nitrogens is 2. The molecule has 0 aliphatic carbocycles. The van der Waals surface area contributed by atoms with Crippen molar-refractivity contribution in [1.82, 2.24) is 15.1 Å². The van der Waals surface area contributed by atoms with E-state index in [4.69, 9.17) is 4.74 Å². The Balaban J connectivity index is 2.09. The summed E-state index contributed by atoms with van der Waals surface area (Å²) < 4.78 is 5.40. The first-order chi connectivity index (χ1) is 8.40. The van der Waals surface area contributed by atoms with E-state index in [1.54, 1.807) is 4.90 Å². The van der Waals surface area contributed by atoms with Crippen molar-refractivity contribution in [2.24, 2.45) is 0 Å². The number of aromatic amines is 1. The predicted molar refractivity (Wildman–Crippen MR) is 68.3 cm³/mol. The molecule has 0 atom stereocenters. The molecule has 0 bridgehead atoms. The van der Waals surface area contributed by atoms with E-state index in [1.165, 1.54) is 0 Å². The van der Waals surface area contributed by atoms with Gasteiger partial charge in [0.25, 0.3) is 0 Å². The molecule has 0 fully saturated rings. The molecule has 0 saturated heterocycles. The van der Waals surface area contributed by atoms with Crippen molar-refractivity contribution in [3.05, 3.63) is 17.0 Å². The third-order valence-corrected chi connectivity index (χ3v) is 3.01. The molecule has 2 rings (SSSR count). The van der Waals surface area contributed by atoms with Gasteiger partial charge in [-0.15, -0.1) is 0 Å². The summed E-state index contributed by atoms with van der Waals surface area (Å²) in [6.07, 6.45) is 1.46. The molecule has 1 amide bonds.